The van der Waals surface area contributed by atoms with Gasteiger partial charge in [-0.15, -0.1) is 11.3 Å². The second kappa shape index (κ2) is 4.44. The summed E-state index contributed by atoms with van der Waals surface area (Å²) in [6.07, 6.45) is 3.55. The molecule has 2 rings (SSSR count). The van der Waals surface area contributed by atoms with Crippen LogP contribution in [0.25, 0.3) is 0 Å². The van der Waals surface area contributed by atoms with Crippen LogP contribution in [0.2, 0.25) is 5.02 Å². The van der Waals surface area contributed by atoms with Crippen molar-refractivity contribution >= 4 is 28.6 Å². The van der Waals surface area contributed by atoms with Crippen LogP contribution < -0.4 is 5.32 Å². The molecule has 0 bridgehead atoms. The fourth-order valence-electron chi connectivity index (χ4n) is 1.10. The van der Waals surface area contributed by atoms with Crippen molar-refractivity contribution in [3.05, 3.63) is 45.9 Å². The molecule has 0 aliphatic rings. The van der Waals surface area contributed by atoms with E-state index in [2.05, 4.69) is 10.3 Å². The zero-order valence-corrected chi connectivity index (χ0v) is 8.98. The predicted molar refractivity (Wildman–Crippen MR) is 60.9 cm³/mol. The molecule has 14 heavy (non-hydrogen) atoms. The van der Waals surface area contributed by atoms with Gasteiger partial charge in [0, 0.05) is 17.3 Å². The normalized spacial score (nSPS) is 10.1. The summed E-state index contributed by atoms with van der Waals surface area (Å²) in [5.74, 6) is 0. The molecule has 2 aromatic rings. The van der Waals surface area contributed by atoms with Crippen molar-refractivity contribution < 1.29 is 0 Å². The van der Waals surface area contributed by atoms with Gasteiger partial charge in [0.05, 0.1) is 17.3 Å². The second-order valence-corrected chi connectivity index (χ2v) is 4.19. The lowest BCUT2D eigenvalue weighted by Crippen LogP contribution is -1.97. The van der Waals surface area contributed by atoms with Crippen LogP contribution in [0, 0.1) is 0 Å². The van der Waals surface area contributed by atoms with Gasteiger partial charge in [-0.25, -0.2) is 0 Å². The van der Waals surface area contributed by atoms with Gasteiger partial charge in [0.25, 0.3) is 0 Å². The monoisotopic (exact) mass is 224 g/mol. The Labute approximate surface area is 91.6 Å². The zero-order chi connectivity index (χ0) is 9.80. The maximum Gasteiger partial charge on any atom is 0.0563 e. The Balaban J connectivity index is 1.99. The standard InChI is InChI=1S/C10H9ClN2S/c11-9-3-5-14-10(9)7-13-8-2-1-4-12-6-8/h1-6,13H,7H2. The third kappa shape index (κ3) is 2.25. The molecule has 0 atom stereocenters. The van der Waals surface area contributed by atoms with Crippen LogP contribution in [0.4, 0.5) is 5.69 Å². The van der Waals surface area contributed by atoms with Gasteiger partial charge < -0.3 is 5.32 Å². The second-order valence-electron chi connectivity index (χ2n) is 2.79. The van der Waals surface area contributed by atoms with Crippen LogP contribution in [0.15, 0.2) is 36.0 Å². The first kappa shape index (κ1) is 9.49. The molecule has 0 aromatic carbocycles. The summed E-state index contributed by atoms with van der Waals surface area (Å²) in [4.78, 5) is 5.16. The number of nitrogens with zero attached hydrogens (tertiary/aromatic N) is 1. The Morgan fingerprint density at radius 3 is 3.00 bits per heavy atom. The minimum atomic E-state index is 0.752. The molecule has 2 aromatic heterocycles. The number of hydrogen-bond donors (Lipinski definition) is 1. The number of halogens is 1. The maximum absolute atomic E-state index is 5.96. The molecule has 0 saturated carbocycles. The highest BCUT2D eigenvalue weighted by Crippen LogP contribution is 2.22. The number of nitrogens with one attached hydrogen (secondary N) is 1. The molecule has 2 heterocycles. The van der Waals surface area contributed by atoms with Crippen LogP contribution in [-0.2, 0) is 6.54 Å². The van der Waals surface area contributed by atoms with E-state index in [9.17, 15) is 0 Å². The lowest BCUT2D eigenvalue weighted by Gasteiger charge is -2.03. The van der Waals surface area contributed by atoms with Gasteiger partial charge in [0.1, 0.15) is 0 Å². The molecular formula is C10H9ClN2S. The number of aromatic nitrogens is 1. The molecular weight excluding hydrogens is 216 g/mol. The van der Waals surface area contributed by atoms with Crippen molar-refractivity contribution in [2.75, 3.05) is 5.32 Å². The summed E-state index contributed by atoms with van der Waals surface area (Å²) in [5.41, 5.74) is 1.01. The van der Waals surface area contributed by atoms with Crippen molar-refractivity contribution in [1.82, 2.24) is 4.98 Å². The van der Waals surface area contributed by atoms with Crippen LogP contribution in [-0.4, -0.2) is 4.98 Å². The van der Waals surface area contributed by atoms with Gasteiger partial charge in [-0.2, -0.15) is 0 Å². The Hall–Kier alpha value is -1.06. The van der Waals surface area contributed by atoms with E-state index in [1.165, 1.54) is 0 Å². The Morgan fingerprint density at radius 1 is 1.43 bits per heavy atom. The average Bonchev–Trinajstić information content (AvgIpc) is 2.63. The van der Waals surface area contributed by atoms with Crippen molar-refractivity contribution in [3.63, 3.8) is 0 Å². The number of pyridine rings is 1. The van der Waals surface area contributed by atoms with Crippen LogP contribution >= 0.6 is 22.9 Å². The van der Waals surface area contributed by atoms with E-state index in [1.807, 2.05) is 23.6 Å². The van der Waals surface area contributed by atoms with E-state index in [4.69, 9.17) is 11.6 Å². The number of anilines is 1. The van der Waals surface area contributed by atoms with Crippen molar-refractivity contribution in [2.45, 2.75) is 6.54 Å². The largest absolute Gasteiger partial charge is 0.379 e. The van der Waals surface area contributed by atoms with Gasteiger partial charge in [-0.05, 0) is 23.6 Å². The van der Waals surface area contributed by atoms with Gasteiger partial charge in [0.2, 0.25) is 0 Å². The molecule has 72 valence electrons. The van der Waals surface area contributed by atoms with Crippen LogP contribution in [0.1, 0.15) is 4.88 Å². The van der Waals surface area contributed by atoms with E-state index in [-0.39, 0.29) is 0 Å². The van der Waals surface area contributed by atoms with Crippen LogP contribution in [0.5, 0.6) is 0 Å². The summed E-state index contributed by atoms with van der Waals surface area (Å²) in [6, 6.07) is 5.79. The molecule has 1 N–H and O–H groups in total. The summed E-state index contributed by atoms with van der Waals surface area (Å²) in [5, 5.41) is 6.07. The molecule has 0 aliphatic carbocycles. The first-order valence-electron chi connectivity index (χ1n) is 4.22. The van der Waals surface area contributed by atoms with E-state index in [0.717, 1.165) is 22.1 Å². The quantitative estimate of drug-likeness (QED) is 0.865. The van der Waals surface area contributed by atoms with E-state index in [1.54, 1.807) is 23.7 Å². The van der Waals surface area contributed by atoms with E-state index in [0.29, 0.717) is 0 Å². The van der Waals surface area contributed by atoms with E-state index >= 15 is 0 Å². The zero-order valence-electron chi connectivity index (χ0n) is 7.40. The summed E-state index contributed by atoms with van der Waals surface area (Å²) < 4.78 is 0. The first-order valence-corrected chi connectivity index (χ1v) is 5.48. The van der Waals surface area contributed by atoms with Gasteiger partial charge in [-0.3, -0.25) is 4.98 Å². The molecule has 0 radical (unpaired) electrons. The highest BCUT2D eigenvalue weighted by Gasteiger charge is 2.00. The molecule has 0 unspecified atom stereocenters. The molecule has 2 nitrogen and oxygen atoms in total. The Morgan fingerprint density at radius 2 is 2.36 bits per heavy atom. The molecule has 0 saturated heterocycles. The highest BCUT2D eigenvalue weighted by molar-refractivity contribution is 7.10. The lowest BCUT2D eigenvalue weighted by molar-refractivity contribution is 1.17. The fraction of sp³-hybridized carbons (Fsp3) is 0.100. The van der Waals surface area contributed by atoms with Crippen molar-refractivity contribution in [2.24, 2.45) is 0 Å². The first-order chi connectivity index (χ1) is 6.86. The molecule has 4 heteroatoms. The number of thiophene rings is 1. The molecule has 0 spiro atoms. The van der Waals surface area contributed by atoms with Gasteiger partial charge in [0.15, 0.2) is 0 Å². The van der Waals surface area contributed by atoms with Crippen LogP contribution in [0.3, 0.4) is 0 Å². The topological polar surface area (TPSA) is 24.9 Å². The Kier molecular flexibility index (Phi) is 3.01. The maximum atomic E-state index is 5.96. The predicted octanol–water partition coefficient (Wildman–Crippen LogP) is 3.41. The lowest BCUT2D eigenvalue weighted by atomic mass is 10.4. The van der Waals surface area contributed by atoms with Crippen molar-refractivity contribution in [3.8, 4) is 0 Å². The summed E-state index contributed by atoms with van der Waals surface area (Å²) >= 11 is 7.61. The third-order valence-electron chi connectivity index (χ3n) is 1.81. The molecule has 0 aliphatic heterocycles. The van der Waals surface area contributed by atoms with Gasteiger partial charge >= 0.3 is 0 Å². The SMILES string of the molecule is Clc1ccsc1CNc1cccnc1. The highest BCUT2D eigenvalue weighted by atomic mass is 35.5. The van der Waals surface area contributed by atoms with Crippen molar-refractivity contribution in [1.29, 1.82) is 0 Å². The summed E-state index contributed by atoms with van der Waals surface area (Å²) in [7, 11) is 0. The number of rotatable bonds is 3. The fourth-order valence-corrected chi connectivity index (χ4v) is 2.14. The summed E-state index contributed by atoms with van der Waals surface area (Å²) in [6.45, 7) is 0.752. The van der Waals surface area contributed by atoms with E-state index < -0.39 is 0 Å². The number of hydrogen-bond acceptors (Lipinski definition) is 3. The smallest absolute Gasteiger partial charge is 0.0563 e. The minimum absolute atomic E-state index is 0.752. The molecule has 0 fully saturated rings. The minimum Gasteiger partial charge on any atom is -0.379 e. The third-order valence-corrected chi connectivity index (χ3v) is 3.19. The average molecular weight is 225 g/mol. The molecule has 0 amide bonds. The Bertz CT molecular complexity index is 400. The van der Waals surface area contributed by atoms with Gasteiger partial charge in [-0.1, -0.05) is 11.6 Å².